The third-order valence-corrected chi connectivity index (χ3v) is 5.89. The molecule has 0 spiro atoms. The van der Waals surface area contributed by atoms with Gasteiger partial charge < -0.3 is 10.1 Å². The molecule has 0 saturated carbocycles. The number of nitrogens with one attached hydrogen (secondary N) is 1. The largest absolute Gasteiger partial charge is 0.381 e. The summed E-state index contributed by atoms with van der Waals surface area (Å²) in [6.45, 7) is 5.15. The van der Waals surface area contributed by atoms with Crippen LogP contribution in [0.4, 0.5) is 0 Å². The maximum Gasteiger partial charge on any atom is 0.0469 e. The zero-order valence-corrected chi connectivity index (χ0v) is 13.4. The minimum atomic E-state index is 0.575. The van der Waals surface area contributed by atoms with Crippen LogP contribution in [0.3, 0.4) is 0 Å². The first-order valence-corrected chi connectivity index (χ1v) is 9.01. The average Bonchev–Trinajstić information content (AvgIpc) is 3.16. The molecule has 2 aromatic rings. The van der Waals surface area contributed by atoms with Gasteiger partial charge >= 0.3 is 0 Å². The van der Waals surface area contributed by atoms with Crippen LogP contribution in [-0.4, -0.2) is 19.3 Å². The van der Waals surface area contributed by atoms with E-state index in [0.717, 1.165) is 25.7 Å². The van der Waals surface area contributed by atoms with Crippen LogP contribution in [0.25, 0.3) is 10.4 Å². The number of hydrogen-bond donors (Lipinski definition) is 1. The molecule has 3 rings (SSSR count). The molecule has 1 aliphatic heterocycles. The lowest BCUT2D eigenvalue weighted by atomic mass is 9.93. The normalized spacial score (nSPS) is 18.2. The van der Waals surface area contributed by atoms with E-state index in [9.17, 15) is 0 Å². The van der Waals surface area contributed by atoms with Crippen LogP contribution in [-0.2, 0) is 11.3 Å². The van der Waals surface area contributed by atoms with E-state index in [1.54, 1.807) is 0 Å². The van der Waals surface area contributed by atoms with E-state index in [0.29, 0.717) is 6.04 Å². The molecule has 0 aliphatic carbocycles. The molecule has 0 aromatic carbocycles. The zero-order chi connectivity index (χ0) is 13.8. The predicted molar refractivity (Wildman–Crippen MR) is 87.5 cm³/mol. The van der Waals surface area contributed by atoms with Crippen molar-refractivity contribution in [2.45, 2.75) is 32.4 Å². The summed E-state index contributed by atoms with van der Waals surface area (Å²) in [7, 11) is 0. The average molecular weight is 307 g/mol. The number of hydrogen-bond acceptors (Lipinski definition) is 4. The fraction of sp³-hybridized carbons (Fsp3) is 0.500. The second-order valence-corrected chi connectivity index (χ2v) is 7.34. The van der Waals surface area contributed by atoms with Gasteiger partial charge in [-0.25, -0.2) is 0 Å². The van der Waals surface area contributed by atoms with Gasteiger partial charge in [-0.05, 0) is 48.6 Å². The highest BCUT2D eigenvalue weighted by Crippen LogP contribution is 2.29. The van der Waals surface area contributed by atoms with E-state index in [1.165, 1.54) is 28.2 Å². The van der Waals surface area contributed by atoms with Gasteiger partial charge in [-0.1, -0.05) is 6.07 Å². The number of ether oxygens (including phenoxy) is 1. The summed E-state index contributed by atoms with van der Waals surface area (Å²) < 4.78 is 5.43. The highest BCUT2D eigenvalue weighted by molar-refractivity contribution is 7.14. The molecule has 4 heteroatoms. The van der Waals surface area contributed by atoms with E-state index in [2.05, 4.69) is 41.2 Å². The van der Waals surface area contributed by atoms with Gasteiger partial charge in [0.2, 0.25) is 0 Å². The fourth-order valence-corrected chi connectivity index (χ4v) is 4.31. The minimum absolute atomic E-state index is 0.575. The van der Waals surface area contributed by atoms with Crippen LogP contribution >= 0.6 is 22.7 Å². The Morgan fingerprint density at radius 1 is 1.35 bits per heavy atom. The van der Waals surface area contributed by atoms with Crippen molar-refractivity contribution in [2.24, 2.45) is 5.92 Å². The van der Waals surface area contributed by atoms with Gasteiger partial charge in [0.05, 0.1) is 0 Å². The summed E-state index contributed by atoms with van der Waals surface area (Å²) in [4.78, 5) is 2.79. The molecular weight excluding hydrogens is 286 g/mol. The summed E-state index contributed by atoms with van der Waals surface area (Å²) in [5.74, 6) is 0.764. The fourth-order valence-electron chi connectivity index (χ4n) is 2.69. The van der Waals surface area contributed by atoms with Gasteiger partial charge in [-0.2, -0.15) is 0 Å². The molecule has 20 heavy (non-hydrogen) atoms. The van der Waals surface area contributed by atoms with Crippen LogP contribution in [0.15, 0.2) is 29.0 Å². The van der Waals surface area contributed by atoms with Crippen molar-refractivity contribution in [3.63, 3.8) is 0 Å². The minimum Gasteiger partial charge on any atom is -0.381 e. The Hall–Kier alpha value is -0.680. The van der Waals surface area contributed by atoms with Gasteiger partial charge in [0.15, 0.2) is 0 Å². The molecule has 1 saturated heterocycles. The monoisotopic (exact) mass is 307 g/mol. The molecule has 0 bridgehead atoms. The van der Waals surface area contributed by atoms with E-state index in [1.807, 2.05) is 22.7 Å². The second-order valence-electron chi connectivity index (χ2n) is 5.40. The van der Waals surface area contributed by atoms with Crippen molar-refractivity contribution < 1.29 is 4.74 Å². The van der Waals surface area contributed by atoms with Crippen molar-refractivity contribution in [1.82, 2.24) is 5.32 Å². The molecule has 1 atom stereocenters. The molecule has 1 fully saturated rings. The lowest BCUT2D eigenvalue weighted by Gasteiger charge is -2.28. The molecule has 0 amide bonds. The molecular formula is C16H21NOS2. The van der Waals surface area contributed by atoms with Crippen LogP contribution in [0.1, 0.15) is 24.6 Å². The van der Waals surface area contributed by atoms with Crippen LogP contribution < -0.4 is 5.32 Å². The second kappa shape index (κ2) is 6.85. The van der Waals surface area contributed by atoms with Crippen LogP contribution in [0, 0.1) is 5.92 Å². The van der Waals surface area contributed by atoms with Gasteiger partial charge in [0, 0.05) is 41.1 Å². The molecule has 1 unspecified atom stereocenters. The molecule has 1 N–H and O–H groups in total. The van der Waals surface area contributed by atoms with Gasteiger partial charge in [-0.3, -0.25) is 0 Å². The number of rotatable bonds is 5. The molecule has 0 radical (unpaired) electrons. The Bertz CT molecular complexity index is 514. The summed E-state index contributed by atoms with van der Waals surface area (Å²) in [5, 5.41) is 8.09. The first-order chi connectivity index (χ1) is 9.83. The van der Waals surface area contributed by atoms with Crippen molar-refractivity contribution in [3.8, 4) is 10.4 Å². The van der Waals surface area contributed by atoms with Crippen LogP contribution in [0.2, 0.25) is 0 Å². The third kappa shape index (κ3) is 3.50. The van der Waals surface area contributed by atoms with Crippen molar-refractivity contribution in [1.29, 1.82) is 0 Å². The summed E-state index contributed by atoms with van der Waals surface area (Å²) in [6, 6.07) is 7.20. The Balaban J connectivity index is 1.53. The SMILES string of the molecule is CC(NCc1cc(-c2cccs2)cs1)C1CCOCC1. The molecule has 108 valence electrons. The smallest absolute Gasteiger partial charge is 0.0469 e. The zero-order valence-electron chi connectivity index (χ0n) is 11.8. The summed E-state index contributed by atoms with van der Waals surface area (Å²) in [5.41, 5.74) is 1.36. The molecule has 2 nitrogen and oxygen atoms in total. The van der Waals surface area contributed by atoms with Crippen LogP contribution in [0.5, 0.6) is 0 Å². The first kappa shape index (κ1) is 14.3. The predicted octanol–water partition coefficient (Wildman–Crippen LogP) is 4.38. The topological polar surface area (TPSA) is 21.3 Å². The molecule has 1 aliphatic rings. The Morgan fingerprint density at radius 3 is 2.95 bits per heavy atom. The van der Waals surface area contributed by atoms with E-state index < -0.39 is 0 Å². The lowest BCUT2D eigenvalue weighted by Crippen LogP contribution is -2.36. The van der Waals surface area contributed by atoms with Gasteiger partial charge in [0.25, 0.3) is 0 Å². The lowest BCUT2D eigenvalue weighted by molar-refractivity contribution is 0.0558. The number of thiophene rings is 2. The quantitative estimate of drug-likeness (QED) is 0.885. The highest BCUT2D eigenvalue weighted by Gasteiger charge is 2.20. The van der Waals surface area contributed by atoms with Crippen molar-refractivity contribution in [2.75, 3.05) is 13.2 Å². The molecule has 3 heterocycles. The van der Waals surface area contributed by atoms with Gasteiger partial charge in [-0.15, -0.1) is 22.7 Å². The Kier molecular flexibility index (Phi) is 4.89. The summed E-state index contributed by atoms with van der Waals surface area (Å²) >= 11 is 3.66. The van der Waals surface area contributed by atoms with Crippen molar-refractivity contribution >= 4 is 22.7 Å². The third-order valence-electron chi connectivity index (χ3n) is 4.03. The standard InChI is InChI=1S/C16H21NOS2/c1-12(13-4-6-18-7-5-13)17-10-15-9-14(11-20-15)16-3-2-8-19-16/h2-3,8-9,11-13,17H,4-7,10H2,1H3. The maximum absolute atomic E-state index is 5.43. The van der Waals surface area contributed by atoms with Gasteiger partial charge in [0.1, 0.15) is 0 Å². The Morgan fingerprint density at radius 2 is 2.20 bits per heavy atom. The highest BCUT2D eigenvalue weighted by atomic mass is 32.1. The Labute approximate surface area is 128 Å². The maximum atomic E-state index is 5.43. The molecule has 2 aromatic heterocycles. The van der Waals surface area contributed by atoms with E-state index in [4.69, 9.17) is 4.74 Å². The summed E-state index contributed by atoms with van der Waals surface area (Å²) in [6.07, 6.45) is 2.39. The first-order valence-electron chi connectivity index (χ1n) is 7.25. The van der Waals surface area contributed by atoms with E-state index >= 15 is 0 Å². The van der Waals surface area contributed by atoms with E-state index in [-0.39, 0.29) is 0 Å². The van der Waals surface area contributed by atoms with Crippen molar-refractivity contribution in [3.05, 3.63) is 33.8 Å².